The number of anilines is 1. The molecule has 0 fully saturated rings. The topological polar surface area (TPSA) is 92.1 Å². The maximum absolute atomic E-state index is 14.0. The highest BCUT2D eigenvalue weighted by atomic mass is 19.1. The van der Waals surface area contributed by atoms with E-state index in [0.29, 0.717) is 11.4 Å². The molecule has 3 N–H and O–H groups in total. The monoisotopic (exact) mass is 333 g/mol. The molecular formula is C16H20FN5O2. The number of halogens is 1. The van der Waals surface area contributed by atoms with Gasteiger partial charge in [0.15, 0.2) is 5.82 Å². The largest absolute Gasteiger partial charge is 0.395 e. The number of aliphatic hydroxyl groups is 1. The second kappa shape index (κ2) is 7.39. The third kappa shape index (κ3) is 3.53. The molecule has 0 saturated heterocycles. The van der Waals surface area contributed by atoms with Crippen LogP contribution in [0.1, 0.15) is 25.1 Å². The van der Waals surface area contributed by atoms with Crippen molar-refractivity contribution < 1.29 is 14.3 Å². The van der Waals surface area contributed by atoms with E-state index in [0.717, 1.165) is 38.1 Å². The van der Waals surface area contributed by atoms with Crippen molar-refractivity contribution in [1.82, 2.24) is 20.1 Å². The van der Waals surface area contributed by atoms with E-state index in [9.17, 15) is 9.18 Å². The van der Waals surface area contributed by atoms with Crippen LogP contribution < -0.4 is 10.6 Å². The second-order valence-electron chi connectivity index (χ2n) is 5.70. The number of aliphatic hydroxyl groups excluding tert-OH is 1. The highest BCUT2D eigenvalue weighted by Gasteiger charge is 2.17. The summed E-state index contributed by atoms with van der Waals surface area (Å²) in [4.78, 5) is 11.7. The number of nitrogens with zero attached hydrogens (tertiary/aromatic N) is 3. The van der Waals surface area contributed by atoms with E-state index in [1.54, 1.807) is 12.1 Å². The van der Waals surface area contributed by atoms with Gasteiger partial charge in [-0.05, 0) is 31.0 Å². The number of fused-ring (bicyclic) bond motifs is 1. The molecule has 7 nitrogen and oxygen atoms in total. The molecule has 2 heterocycles. The maximum Gasteiger partial charge on any atom is 0.319 e. The van der Waals surface area contributed by atoms with Crippen molar-refractivity contribution in [3.63, 3.8) is 0 Å². The Labute approximate surface area is 138 Å². The molecule has 0 spiro atoms. The molecule has 128 valence electrons. The number of benzene rings is 1. The Kier molecular flexibility index (Phi) is 5.05. The molecule has 0 atom stereocenters. The molecule has 2 amide bonds. The third-order valence-corrected chi connectivity index (χ3v) is 3.98. The summed E-state index contributed by atoms with van der Waals surface area (Å²) in [7, 11) is 0. The summed E-state index contributed by atoms with van der Waals surface area (Å²) < 4.78 is 16.0. The minimum Gasteiger partial charge on any atom is -0.395 e. The van der Waals surface area contributed by atoms with Crippen LogP contribution in [-0.2, 0) is 13.0 Å². The molecule has 24 heavy (non-hydrogen) atoms. The average Bonchev–Trinajstić information content (AvgIpc) is 2.83. The van der Waals surface area contributed by atoms with Crippen LogP contribution in [0.3, 0.4) is 0 Å². The Morgan fingerprint density at radius 3 is 3.00 bits per heavy atom. The summed E-state index contributed by atoms with van der Waals surface area (Å²) >= 11 is 0. The molecule has 3 rings (SSSR count). The predicted molar refractivity (Wildman–Crippen MR) is 87.1 cm³/mol. The van der Waals surface area contributed by atoms with Gasteiger partial charge in [-0.2, -0.15) is 0 Å². The lowest BCUT2D eigenvalue weighted by Gasteiger charge is -2.11. The standard InChI is InChI=1S/C16H20FN5O2/c17-12-6-5-11(10-13(12)19-16(24)18-7-9-23)15-21-20-14-4-2-1-3-8-22(14)15/h5-6,10,23H,1-4,7-9H2,(H2,18,19,24). The van der Waals surface area contributed by atoms with Crippen molar-refractivity contribution in [1.29, 1.82) is 0 Å². The van der Waals surface area contributed by atoms with Crippen molar-refractivity contribution in [3.05, 3.63) is 29.8 Å². The maximum atomic E-state index is 14.0. The summed E-state index contributed by atoms with van der Waals surface area (Å²) in [6, 6.07) is 3.92. The van der Waals surface area contributed by atoms with E-state index in [4.69, 9.17) is 5.11 Å². The number of aromatic nitrogens is 3. The summed E-state index contributed by atoms with van der Waals surface area (Å²) in [5, 5.41) is 22.0. The zero-order chi connectivity index (χ0) is 16.9. The molecule has 0 aliphatic carbocycles. The van der Waals surface area contributed by atoms with Crippen molar-refractivity contribution in [2.75, 3.05) is 18.5 Å². The first-order valence-electron chi connectivity index (χ1n) is 8.07. The molecule has 1 aromatic heterocycles. The number of carbonyl (C=O) groups excluding carboxylic acids is 1. The third-order valence-electron chi connectivity index (χ3n) is 3.98. The Balaban J connectivity index is 1.86. The number of nitrogens with one attached hydrogen (secondary N) is 2. The SMILES string of the molecule is O=C(NCCO)Nc1cc(-c2nnc3n2CCCCC3)ccc1F. The lowest BCUT2D eigenvalue weighted by atomic mass is 10.1. The predicted octanol–water partition coefficient (Wildman–Crippen LogP) is 1.92. The number of amides is 2. The van der Waals surface area contributed by atoms with Crippen LogP contribution in [0.5, 0.6) is 0 Å². The zero-order valence-electron chi connectivity index (χ0n) is 13.3. The van der Waals surface area contributed by atoms with Crippen molar-refractivity contribution in [3.8, 4) is 11.4 Å². The van der Waals surface area contributed by atoms with Crippen LogP contribution >= 0.6 is 0 Å². The van der Waals surface area contributed by atoms with Gasteiger partial charge < -0.3 is 20.3 Å². The molecule has 0 unspecified atom stereocenters. The smallest absolute Gasteiger partial charge is 0.319 e. The molecule has 0 radical (unpaired) electrons. The fourth-order valence-electron chi connectivity index (χ4n) is 2.79. The van der Waals surface area contributed by atoms with Gasteiger partial charge in [-0.3, -0.25) is 0 Å². The fraction of sp³-hybridized carbons (Fsp3) is 0.438. The van der Waals surface area contributed by atoms with Crippen LogP contribution in [0.15, 0.2) is 18.2 Å². The van der Waals surface area contributed by atoms with Crippen LogP contribution in [0.25, 0.3) is 11.4 Å². The zero-order valence-corrected chi connectivity index (χ0v) is 13.3. The summed E-state index contributed by atoms with van der Waals surface area (Å²) in [5.41, 5.74) is 0.767. The van der Waals surface area contributed by atoms with Gasteiger partial charge in [0.05, 0.1) is 12.3 Å². The van der Waals surface area contributed by atoms with Gasteiger partial charge in [-0.15, -0.1) is 10.2 Å². The molecular weight excluding hydrogens is 313 g/mol. The van der Waals surface area contributed by atoms with E-state index in [2.05, 4.69) is 25.4 Å². The molecule has 2 aromatic rings. The number of aryl methyl sites for hydroxylation is 1. The van der Waals surface area contributed by atoms with E-state index < -0.39 is 11.8 Å². The Bertz CT molecular complexity index is 731. The van der Waals surface area contributed by atoms with Gasteiger partial charge in [0.1, 0.15) is 11.6 Å². The fourth-order valence-corrected chi connectivity index (χ4v) is 2.79. The highest BCUT2D eigenvalue weighted by molar-refractivity contribution is 5.90. The summed E-state index contributed by atoms with van der Waals surface area (Å²) in [6.07, 6.45) is 4.21. The number of hydrogen-bond donors (Lipinski definition) is 3. The lowest BCUT2D eigenvalue weighted by Crippen LogP contribution is -2.31. The van der Waals surface area contributed by atoms with Gasteiger partial charge in [0.2, 0.25) is 0 Å². The van der Waals surface area contributed by atoms with E-state index >= 15 is 0 Å². The molecule has 8 heteroatoms. The Morgan fingerprint density at radius 1 is 1.29 bits per heavy atom. The summed E-state index contributed by atoms with van der Waals surface area (Å²) in [5.74, 6) is 1.10. The van der Waals surface area contributed by atoms with Crippen molar-refractivity contribution >= 4 is 11.7 Å². The number of urea groups is 1. The molecule has 1 aromatic carbocycles. The molecule has 0 bridgehead atoms. The van der Waals surface area contributed by atoms with Gasteiger partial charge in [-0.25, -0.2) is 9.18 Å². The quantitative estimate of drug-likeness (QED) is 0.797. The van der Waals surface area contributed by atoms with Crippen LogP contribution in [-0.4, -0.2) is 39.1 Å². The first kappa shape index (κ1) is 16.4. The van der Waals surface area contributed by atoms with E-state index in [1.165, 1.54) is 6.07 Å². The molecule has 1 aliphatic rings. The first-order chi connectivity index (χ1) is 11.7. The number of hydrogen-bond acceptors (Lipinski definition) is 4. The number of carbonyl (C=O) groups is 1. The first-order valence-corrected chi connectivity index (χ1v) is 8.07. The Hall–Kier alpha value is -2.48. The average molecular weight is 333 g/mol. The van der Waals surface area contributed by atoms with Gasteiger partial charge in [0, 0.05) is 25.1 Å². The highest BCUT2D eigenvalue weighted by Crippen LogP contribution is 2.26. The van der Waals surface area contributed by atoms with Crippen LogP contribution in [0.4, 0.5) is 14.9 Å². The van der Waals surface area contributed by atoms with Crippen molar-refractivity contribution in [2.24, 2.45) is 0 Å². The lowest BCUT2D eigenvalue weighted by molar-refractivity contribution is 0.244. The minimum atomic E-state index is -0.569. The molecule has 0 saturated carbocycles. The minimum absolute atomic E-state index is 0.0638. The second-order valence-corrected chi connectivity index (χ2v) is 5.70. The van der Waals surface area contributed by atoms with Crippen molar-refractivity contribution in [2.45, 2.75) is 32.2 Å². The summed E-state index contributed by atoms with van der Waals surface area (Å²) in [6.45, 7) is 0.765. The van der Waals surface area contributed by atoms with Crippen LogP contribution in [0, 0.1) is 5.82 Å². The number of rotatable bonds is 4. The molecule has 1 aliphatic heterocycles. The van der Waals surface area contributed by atoms with E-state index in [1.807, 2.05) is 0 Å². The van der Waals surface area contributed by atoms with Gasteiger partial charge in [-0.1, -0.05) is 6.42 Å². The van der Waals surface area contributed by atoms with E-state index in [-0.39, 0.29) is 18.8 Å². The van der Waals surface area contributed by atoms with Crippen LogP contribution in [0.2, 0.25) is 0 Å². The normalized spacial score (nSPS) is 13.9. The van der Waals surface area contributed by atoms with Gasteiger partial charge in [0.25, 0.3) is 0 Å². The van der Waals surface area contributed by atoms with Gasteiger partial charge >= 0.3 is 6.03 Å². The Morgan fingerprint density at radius 2 is 2.17 bits per heavy atom.